The predicted octanol–water partition coefficient (Wildman–Crippen LogP) is 1.22. The van der Waals surface area contributed by atoms with Gasteiger partial charge in [0.25, 0.3) is 0 Å². The number of sulfonamides is 1. The van der Waals surface area contributed by atoms with Gasteiger partial charge in [-0.2, -0.15) is 4.31 Å². The summed E-state index contributed by atoms with van der Waals surface area (Å²) in [4.78, 5) is 3.98. The molecule has 2 aliphatic heterocycles. The number of hydrogen-bond acceptors (Lipinski definition) is 5. The Labute approximate surface area is 129 Å². The molecule has 6 nitrogen and oxygen atoms in total. The summed E-state index contributed by atoms with van der Waals surface area (Å²) in [6, 6.07) is 2.83. The molecular weight excluding hydrogens is 309 g/mol. The fraction of sp³-hybridized carbons (Fsp3) is 0.643. The lowest BCUT2D eigenvalue weighted by Gasteiger charge is -2.23. The smallest absolute Gasteiger partial charge is 0.213 e. The quantitative estimate of drug-likeness (QED) is 0.899. The van der Waals surface area contributed by atoms with Crippen LogP contribution in [0.3, 0.4) is 0 Å². The van der Waals surface area contributed by atoms with E-state index >= 15 is 0 Å². The van der Waals surface area contributed by atoms with Gasteiger partial charge >= 0.3 is 0 Å². The monoisotopic (exact) mass is 329 g/mol. The number of halogens is 1. The fourth-order valence-corrected chi connectivity index (χ4v) is 4.30. The van der Waals surface area contributed by atoms with Gasteiger partial charge in [-0.25, -0.2) is 17.8 Å². The average molecular weight is 329 g/mol. The molecule has 1 aromatic rings. The topological polar surface area (TPSA) is 71.5 Å². The van der Waals surface area contributed by atoms with Crippen molar-refractivity contribution in [3.8, 4) is 0 Å². The largest absolute Gasteiger partial charge is 0.371 e. The van der Waals surface area contributed by atoms with Crippen LogP contribution in [0.15, 0.2) is 18.3 Å². The van der Waals surface area contributed by atoms with Crippen LogP contribution >= 0.6 is 0 Å². The van der Waals surface area contributed by atoms with Crippen molar-refractivity contribution in [2.75, 3.05) is 30.8 Å². The summed E-state index contributed by atoms with van der Waals surface area (Å²) in [6.07, 6.45) is 2.86. The van der Waals surface area contributed by atoms with E-state index in [1.54, 1.807) is 6.92 Å². The van der Waals surface area contributed by atoms with Gasteiger partial charge in [-0.3, -0.25) is 0 Å². The van der Waals surface area contributed by atoms with Crippen LogP contribution in [0.2, 0.25) is 0 Å². The summed E-state index contributed by atoms with van der Waals surface area (Å²) < 4.78 is 44.9. The Morgan fingerprint density at radius 2 is 2.41 bits per heavy atom. The highest BCUT2D eigenvalue weighted by Gasteiger charge is 2.48. The maximum absolute atomic E-state index is 13.6. The highest BCUT2D eigenvalue weighted by atomic mass is 32.2. The molecule has 0 bridgehead atoms. The number of nitrogens with zero attached hydrogens (tertiary/aromatic N) is 2. The molecular formula is C14H20FN3O3S. The van der Waals surface area contributed by atoms with E-state index in [2.05, 4.69) is 10.3 Å². The van der Waals surface area contributed by atoms with Gasteiger partial charge in [0.1, 0.15) is 0 Å². The molecule has 0 aliphatic carbocycles. The Balaban J connectivity index is 1.65. The third kappa shape index (κ3) is 2.95. The predicted molar refractivity (Wildman–Crippen MR) is 80.6 cm³/mol. The minimum Gasteiger partial charge on any atom is -0.371 e. The zero-order valence-corrected chi connectivity index (χ0v) is 13.3. The Bertz CT molecular complexity index is 654. The van der Waals surface area contributed by atoms with Crippen molar-refractivity contribution in [3.63, 3.8) is 0 Å². The van der Waals surface area contributed by atoms with Crippen molar-refractivity contribution in [2.24, 2.45) is 0 Å². The number of hydrogen-bond donors (Lipinski definition) is 1. The molecule has 2 aliphatic rings. The zero-order chi connectivity index (χ0) is 15.8. The SMILES string of the molecule is CCS(=O)(=O)N1CC[C@@]2(C[C@H](Nc3ncccc3F)CO2)C1. The third-order valence-electron chi connectivity index (χ3n) is 4.35. The Morgan fingerprint density at radius 1 is 1.59 bits per heavy atom. The number of aromatic nitrogens is 1. The Morgan fingerprint density at radius 3 is 3.14 bits per heavy atom. The Kier molecular flexibility index (Phi) is 4.09. The van der Waals surface area contributed by atoms with Crippen LogP contribution < -0.4 is 5.32 Å². The van der Waals surface area contributed by atoms with Gasteiger partial charge in [0, 0.05) is 25.7 Å². The van der Waals surface area contributed by atoms with E-state index in [0.29, 0.717) is 32.5 Å². The molecule has 1 N–H and O–H groups in total. The van der Waals surface area contributed by atoms with E-state index in [4.69, 9.17) is 4.74 Å². The molecule has 0 unspecified atom stereocenters. The molecule has 3 heterocycles. The van der Waals surface area contributed by atoms with E-state index in [1.807, 2.05) is 0 Å². The molecule has 8 heteroatoms. The summed E-state index contributed by atoms with van der Waals surface area (Å²) in [6.45, 7) is 2.94. The van der Waals surface area contributed by atoms with Gasteiger partial charge in [-0.15, -0.1) is 0 Å². The fourth-order valence-electron chi connectivity index (χ4n) is 3.13. The number of anilines is 1. The average Bonchev–Trinajstić information content (AvgIpc) is 3.10. The summed E-state index contributed by atoms with van der Waals surface area (Å²) >= 11 is 0. The maximum atomic E-state index is 13.6. The van der Waals surface area contributed by atoms with E-state index in [-0.39, 0.29) is 17.6 Å². The lowest BCUT2D eigenvalue weighted by Crippen LogP contribution is -2.37. The standard InChI is InChI=1S/C14H20FN3O3S/c1-2-22(19,20)18-7-5-14(10-18)8-11(9-21-14)17-13-12(15)4-3-6-16-13/h3-4,6,11H,2,5,7-10H2,1H3,(H,16,17)/t11-,14+/m0/s1. The number of rotatable bonds is 4. The summed E-state index contributed by atoms with van der Waals surface area (Å²) in [7, 11) is -3.18. The van der Waals surface area contributed by atoms with Crippen molar-refractivity contribution in [1.29, 1.82) is 0 Å². The molecule has 1 aromatic heterocycles. The molecule has 122 valence electrons. The van der Waals surface area contributed by atoms with Crippen molar-refractivity contribution in [1.82, 2.24) is 9.29 Å². The van der Waals surface area contributed by atoms with E-state index < -0.39 is 21.4 Å². The first-order chi connectivity index (χ1) is 10.4. The highest BCUT2D eigenvalue weighted by molar-refractivity contribution is 7.89. The van der Waals surface area contributed by atoms with Crippen molar-refractivity contribution >= 4 is 15.8 Å². The second-order valence-corrected chi connectivity index (χ2v) is 8.11. The van der Waals surface area contributed by atoms with Crippen molar-refractivity contribution in [3.05, 3.63) is 24.1 Å². The molecule has 0 radical (unpaired) electrons. The maximum Gasteiger partial charge on any atom is 0.213 e. The van der Waals surface area contributed by atoms with Crippen LogP contribution in [0.25, 0.3) is 0 Å². The number of ether oxygens (including phenoxy) is 1. The minimum absolute atomic E-state index is 0.0614. The molecule has 2 fully saturated rings. The van der Waals surface area contributed by atoms with Gasteiger partial charge in [0.05, 0.1) is 24.0 Å². The minimum atomic E-state index is -3.18. The second kappa shape index (κ2) is 5.75. The molecule has 0 amide bonds. The number of pyridine rings is 1. The van der Waals surface area contributed by atoms with Gasteiger partial charge in [0.2, 0.25) is 10.0 Å². The molecule has 2 saturated heterocycles. The third-order valence-corrected chi connectivity index (χ3v) is 6.18. The van der Waals surface area contributed by atoms with E-state index in [0.717, 1.165) is 0 Å². The number of nitrogens with one attached hydrogen (secondary N) is 1. The van der Waals surface area contributed by atoms with E-state index in [1.165, 1.54) is 22.6 Å². The van der Waals surface area contributed by atoms with Crippen LogP contribution in [0.5, 0.6) is 0 Å². The summed E-state index contributed by atoms with van der Waals surface area (Å²) in [5.74, 6) is -0.0848. The molecule has 3 rings (SSSR count). The lowest BCUT2D eigenvalue weighted by molar-refractivity contribution is 0.0173. The van der Waals surface area contributed by atoms with Crippen LogP contribution in [0.1, 0.15) is 19.8 Å². The van der Waals surface area contributed by atoms with Gasteiger partial charge in [0.15, 0.2) is 11.6 Å². The molecule has 0 saturated carbocycles. The first-order valence-corrected chi connectivity index (χ1v) is 9.04. The van der Waals surface area contributed by atoms with E-state index in [9.17, 15) is 12.8 Å². The Hall–Kier alpha value is -1.25. The van der Waals surface area contributed by atoms with Crippen LogP contribution in [-0.2, 0) is 14.8 Å². The highest BCUT2D eigenvalue weighted by Crippen LogP contribution is 2.37. The zero-order valence-electron chi connectivity index (χ0n) is 12.5. The summed E-state index contributed by atoms with van der Waals surface area (Å²) in [5, 5.41) is 3.05. The lowest BCUT2D eigenvalue weighted by atomic mass is 9.97. The summed E-state index contributed by atoms with van der Waals surface area (Å²) in [5.41, 5.74) is -0.453. The van der Waals surface area contributed by atoms with Gasteiger partial charge in [-0.05, 0) is 25.5 Å². The van der Waals surface area contributed by atoms with Crippen molar-refractivity contribution < 1.29 is 17.5 Å². The first-order valence-electron chi connectivity index (χ1n) is 7.43. The van der Waals surface area contributed by atoms with Gasteiger partial charge < -0.3 is 10.1 Å². The molecule has 0 aromatic carbocycles. The molecule has 2 atom stereocenters. The first kappa shape index (κ1) is 15.6. The van der Waals surface area contributed by atoms with Crippen LogP contribution in [0.4, 0.5) is 10.2 Å². The van der Waals surface area contributed by atoms with Gasteiger partial charge in [-0.1, -0.05) is 0 Å². The molecule has 1 spiro atoms. The normalized spacial score (nSPS) is 29.3. The van der Waals surface area contributed by atoms with Crippen molar-refractivity contribution in [2.45, 2.75) is 31.4 Å². The van der Waals surface area contributed by atoms with Crippen LogP contribution in [0, 0.1) is 5.82 Å². The second-order valence-electron chi connectivity index (χ2n) is 5.86. The molecule has 22 heavy (non-hydrogen) atoms. The van der Waals surface area contributed by atoms with Crippen LogP contribution in [-0.4, -0.2) is 54.8 Å².